The molecule has 0 saturated heterocycles. The molecule has 0 N–H and O–H groups in total. The van der Waals surface area contributed by atoms with E-state index in [1.165, 1.54) is 70.6 Å². The van der Waals surface area contributed by atoms with Crippen LogP contribution in [0.25, 0.3) is 11.1 Å². The van der Waals surface area contributed by atoms with E-state index in [-0.39, 0.29) is 23.9 Å². The van der Waals surface area contributed by atoms with E-state index in [2.05, 4.69) is 20.8 Å². The van der Waals surface area contributed by atoms with E-state index in [1.54, 1.807) is 12.1 Å². The molecule has 222 valence electrons. The highest BCUT2D eigenvalue weighted by Crippen LogP contribution is 2.24. The van der Waals surface area contributed by atoms with Gasteiger partial charge in [-0.15, -0.1) is 11.6 Å². The smallest absolute Gasteiger partial charge is 0.338 e. The van der Waals surface area contributed by atoms with Crippen molar-refractivity contribution in [3.63, 3.8) is 0 Å². The topological polar surface area (TPSA) is 52.6 Å². The lowest BCUT2D eigenvalue weighted by molar-refractivity contribution is -0.134. The van der Waals surface area contributed by atoms with Crippen LogP contribution in [0.4, 0.5) is 0 Å². The first-order chi connectivity index (χ1) is 19.4. The van der Waals surface area contributed by atoms with Crippen molar-refractivity contribution >= 4 is 23.5 Å². The maximum absolute atomic E-state index is 12.3. The number of hydrogen-bond donors (Lipinski definition) is 0. The van der Waals surface area contributed by atoms with E-state index in [0.717, 1.165) is 30.4 Å². The van der Waals surface area contributed by atoms with Gasteiger partial charge in [0.05, 0.1) is 10.9 Å². The molecular weight excluding hydrogens is 520 g/mol. The predicted octanol–water partition coefficient (Wildman–Crippen LogP) is 10.6. The van der Waals surface area contributed by atoms with Crippen LogP contribution < -0.4 is 4.74 Å². The lowest BCUT2D eigenvalue weighted by Gasteiger charge is -2.12. The summed E-state index contributed by atoms with van der Waals surface area (Å²) in [6, 6.07) is 14.8. The van der Waals surface area contributed by atoms with Crippen LogP contribution in [0, 0.1) is 5.92 Å². The quantitative estimate of drug-likeness (QED) is 0.0648. The summed E-state index contributed by atoms with van der Waals surface area (Å²) >= 11 is 6.22. The van der Waals surface area contributed by atoms with Crippen LogP contribution in [0.3, 0.4) is 0 Å². The third-order valence-electron chi connectivity index (χ3n) is 7.15. The number of ether oxygens (including phenoxy) is 2. The third-order valence-corrected chi connectivity index (χ3v) is 7.45. The minimum absolute atomic E-state index is 0.175. The SMILES string of the molecule is CCCCCCCCCCCCCCCC(=O)Oc1ccc(-c2ccc(C(=O)OCC(Cl)CC(C)C)cc2)cc1. The Morgan fingerprint density at radius 2 is 1.18 bits per heavy atom. The highest BCUT2D eigenvalue weighted by molar-refractivity contribution is 6.20. The predicted molar refractivity (Wildman–Crippen MR) is 167 cm³/mol. The molecule has 0 aliphatic heterocycles. The van der Waals surface area contributed by atoms with Gasteiger partial charge >= 0.3 is 11.9 Å². The second kappa shape index (κ2) is 20.5. The van der Waals surface area contributed by atoms with Crippen molar-refractivity contribution in [2.45, 2.75) is 122 Å². The van der Waals surface area contributed by atoms with Gasteiger partial charge in [-0.1, -0.05) is 122 Å². The van der Waals surface area contributed by atoms with E-state index in [0.29, 0.717) is 23.7 Å². The molecule has 0 heterocycles. The van der Waals surface area contributed by atoms with E-state index in [4.69, 9.17) is 21.1 Å². The van der Waals surface area contributed by atoms with Gasteiger partial charge in [-0.3, -0.25) is 4.79 Å². The number of rotatable bonds is 21. The van der Waals surface area contributed by atoms with Crippen molar-refractivity contribution in [1.29, 1.82) is 0 Å². The zero-order valence-corrected chi connectivity index (χ0v) is 25.9. The highest BCUT2D eigenvalue weighted by Gasteiger charge is 2.13. The Balaban J connectivity index is 1.60. The average molecular weight is 571 g/mol. The van der Waals surface area contributed by atoms with Crippen molar-refractivity contribution < 1.29 is 19.1 Å². The van der Waals surface area contributed by atoms with Gasteiger partial charge < -0.3 is 9.47 Å². The van der Waals surface area contributed by atoms with Gasteiger partial charge in [0, 0.05) is 6.42 Å². The van der Waals surface area contributed by atoms with Gasteiger partial charge in [-0.2, -0.15) is 0 Å². The first-order valence-corrected chi connectivity index (χ1v) is 16.0. The van der Waals surface area contributed by atoms with E-state index < -0.39 is 0 Å². The molecule has 0 aromatic heterocycles. The molecule has 0 fully saturated rings. The standard InChI is InChI=1S/C35H51ClO4/c1-4-5-6-7-8-9-10-11-12-13-14-15-16-17-34(37)40-33-24-22-30(23-25-33)29-18-20-31(21-19-29)35(38)39-27-32(36)26-28(2)3/h18-25,28,32H,4-17,26-27H2,1-3H3. The molecular formula is C35H51ClO4. The number of unbranched alkanes of at least 4 members (excludes halogenated alkanes) is 12. The molecule has 1 atom stereocenters. The lowest BCUT2D eigenvalue weighted by atomic mass is 10.0. The van der Waals surface area contributed by atoms with Crippen molar-refractivity contribution in [2.75, 3.05) is 6.61 Å². The Bertz CT molecular complexity index is 952. The first kappa shape index (κ1) is 33.9. The molecule has 5 heteroatoms. The number of carbonyl (C=O) groups excluding carboxylic acids is 2. The number of esters is 2. The summed E-state index contributed by atoms with van der Waals surface area (Å²) in [6.07, 6.45) is 18.0. The Labute approximate surface area is 248 Å². The summed E-state index contributed by atoms with van der Waals surface area (Å²) in [6.45, 7) is 6.65. The molecule has 2 aromatic rings. The maximum Gasteiger partial charge on any atom is 0.338 e. The molecule has 0 spiro atoms. The molecule has 2 aromatic carbocycles. The van der Waals surface area contributed by atoms with Crippen LogP contribution >= 0.6 is 11.6 Å². The minimum atomic E-state index is -0.369. The fourth-order valence-corrected chi connectivity index (χ4v) is 5.23. The third kappa shape index (κ3) is 14.9. The van der Waals surface area contributed by atoms with Crippen molar-refractivity contribution in [1.82, 2.24) is 0 Å². The Kier molecular flexibility index (Phi) is 17.4. The Morgan fingerprint density at radius 1 is 0.700 bits per heavy atom. The van der Waals surface area contributed by atoms with Crippen LogP contribution in [0.2, 0.25) is 0 Å². The van der Waals surface area contributed by atoms with Crippen LogP contribution in [0.5, 0.6) is 5.75 Å². The van der Waals surface area contributed by atoms with Crippen LogP contribution in [-0.2, 0) is 9.53 Å². The number of benzene rings is 2. The number of alkyl halides is 1. The van der Waals surface area contributed by atoms with E-state index >= 15 is 0 Å². The average Bonchev–Trinajstić information content (AvgIpc) is 2.94. The molecule has 0 aliphatic rings. The van der Waals surface area contributed by atoms with Gasteiger partial charge in [0.1, 0.15) is 12.4 Å². The summed E-state index contributed by atoms with van der Waals surface area (Å²) in [5, 5.41) is -0.176. The Hall–Kier alpha value is -2.33. The van der Waals surface area contributed by atoms with Gasteiger partial charge in [0.15, 0.2) is 0 Å². The molecule has 0 amide bonds. The molecule has 40 heavy (non-hydrogen) atoms. The van der Waals surface area contributed by atoms with Crippen LogP contribution in [-0.4, -0.2) is 23.9 Å². The van der Waals surface area contributed by atoms with Crippen LogP contribution in [0.1, 0.15) is 127 Å². The summed E-state index contributed by atoms with van der Waals surface area (Å²) in [5.41, 5.74) is 2.45. The fraction of sp³-hybridized carbons (Fsp3) is 0.600. The summed E-state index contributed by atoms with van der Waals surface area (Å²) in [5.74, 6) is 0.470. The summed E-state index contributed by atoms with van der Waals surface area (Å²) < 4.78 is 10.9. The molecule has 0 saturated carbocycles. The normalized spacial score (nSPS) is 11.9. The number of carbonyl (C=O) groups is 2. The molecule has 4 nitrogen and oxygen atoms in total. The van der Waals surface area contributed by atoms with Crippen LogP contribution in [0.15, 0.2) is 48.5 Å². The minimum Gasteiger partial charge on any atom is -0.461 e. The lowest BCUT2D eigenvalue weighted by Crippen LogP contribution is -2.16. The molecule has 0 aliphatic carbocycles. The van der Waals surface area contributed by atoms with Gasteiger partial charge in [0.2, 0.25) is 0 Å². The molecule has 0 bridgehead atoms. The molecule has 2 rings (SSSR count). The number of hydrogen-bond acceptors (Lipinski definition) is 4. The van der Waals surface area contributed by atoms with Crippen molar-refractivity contribution in [3.05, 3.63) is 54.1 Å². The second-order valence-electron chi connectivity index (χ2n) is 11.4. The summed E-state index contributed by atoms with van der Waals surface area (Å²) in [7, 11) is 0. The van der Waals surface area contributed by atoms with Gasteiger partial charge in [-0.05, 0) is 54.2 Å². The van der Waals surface area contributed by atoms with Crippen molar-refractivity contribution in [2.24, 2.45) is 5.92 Å². The van der Waals surface area contributed by atoms with Crippen molar-refractivity contribution in [3.8, 4) is 16.9 Å². The highest BCUT2D eigenvalue weighted by atomic mass is 35.5. The van der Waals surface area contributed by atoms with E-state index in [1.807, 2.05) is 36.4 Å². The molecule has 0 radical (unpaired) electrons. The van der Waals surface area contributed by atoms with E-state index in [9.17, 15) is 9.59 Å². The first-order valence-electron chi connectivity index (χ1n) is 15.6. The second-order valence-corrected chi connectivity index (χ2v) is 12.0. The maximum atomic E-state index is 12.3. The molecule has 1 unspecified atom stereocenters. The van der Waals surface area contributed by atoms with Gasteiger partial charge in [0.25, 0.3) is 0 Å². The zero-order chi connectivity index (χ0) is 29.0. The largest absolute Gasteiger partial charge is 0.461 e. The summed E-state index contributed by atoms with van der Waals surface area (Å²) in [4.78, 5) is 24.6. The fourth-order valence-electron chi connectivity index (χ4n) is 4.81. The Morgan fingerprint density at radius 3 is 1.68 bits per heavy atom. The monoisotopic (exact) mass is 570 g/mol. The zero-order valence-electron chi connectivity index (χ0n) is 25.1. The number of halogens is 1. The van der Waals surface area contributed by atoms with Gasteiger partial charge in [-0.25, -0.2) is 4.79 Å².